The van der Waals surface area contributed by atoms with E-state index in [1.54, 1.807) is 0 Å². The summed E-state index contributed by atoms with van der Waals surface area (Å²) in [5, 5.41) is 69.1. The molecular weight excluding hydrogens is 1120 g/mol. The standard InChI is InChI=1S/7C12H22O/c1-9(2)8-12(4)6-5-10(3)7-11(12)13;1-9(2)7-10-5-6-11(13)8-12(10,3)4;1-9(2)7-12(4)8-11(13)6-5-10(12)3;1-9(2)7-12(4)8-10(3)5-6-11(12)13;1-9(2)8-12(4)7-5-6-11(13)10(12)3;1-9(2)8-12(4)7-5-6-10(3)11(12)13;1-9(2)8-12(4)10(3)6-5-7-11(12)13/h8,10-11,13H,5-7H2,1-4H3;3*7,10-11,13H,5-6,8H2,1-4H3;3*8,10-11,13H,5-7H2,1-4H3. The van der Waals surface area contributed by atoms with Crippen molar-refractivity contribution >= 4 is 0 Å². The first-order valence-electron chi connectivity index (χ1n) is 37.0. The molecule has 7 heteroatoms. The Morgan fingerprint density at radius 1 is 0.341 bits per heavy atom. The molecule has 0 amide bonds. The Balaban J connectivity index is 0.000000531. The zero-order valence-electron chi connectivity index (χ0n) is 65.1. The van der Waals surface area contributed by atoms with E-state index in [4.69, 9.17) is 0 Å². The van der Waals surface area contributed by atoms with Gasteiger partial charge in [-0.25, -0.2) is 0 Å². The lowest BCUT2D eigenvalue weighted by molar-refractivity contribution is -0.00876. The predicted octanol–water partition coefficient (Wildman–Crippen LogP) is 22.0. The van der Waals surface area contributed by atoms with Crippen molar-refractivity contribution in [3.8, 4) is 0 Å². The van der Waals surface area contributed by atoms with Gasteiger partial charge in [0.2, 0.25) is 0 Å². The zero-order valence-corrected chi connectivity index (χ0v) is 65.1. The summed E-state index contributed by atoms with van der Waals surface area (Å²) in [6, 6.07) is 0. The normalized spacial score (nSPS) is 39.0. The molecule has 20 unspecified atom stereocenters. The fraction of sp³-hybridized carbons (Fsp3) is 0.833. The number of hydrogen-bond acceptors (Lipinski definition) is 7. The molecule has 7 rings (SSSR count). The van der Waals surface area contributed by atoms with Gasteiger partial charge in [0.05, 0.1) is 42.7 Å². The van der Waals surface area contributed by atoms with Crippen LogP contribution < -0.4 is 0 Å². The van der Waals surface area contributed by atoms with Crippen LogP contribution in [0.3, 0.4) is 0 Å². The monoisotopic (exact) mass is 1280 g/mol. The molecule has 7 aliphatic carbocycles. The summed E-state index contributed by atoms with van der Waals surface area (Å²) in [6.45, 7) is 60.9. The van der Waals surface area contributed by atoms with Crippen molar-refractivity contribution in [3.05, 3.63) is 81.5 Å². The SMILES string of the molecule is CC(C)=CC1(C)C(C)CCCC1O.CC(C)=CC1(C)CC(C)CCC1O.CC(C)=CC1(C)CC(O)CCC1C.CC(C)=CC1(C)CCC(C)CC1O.CC(C)=CC1(C)CCCC(C)C1O.CC(C)=CC1(C)CCCC(O)C1C.CC(C)=CC1CCC(O)CC1(C)C. The van der Waals surface area contributed by atoms with Gasteiger partial charge >= 0.3 is 0 Å². The highest BCUT2D eigenvalue weighted by atomic mass is 16.3. The molecular formula is C84H154O7. The van der Waals surface area contributed by atoms with Crippen LogP contribution in [0.5, 0.6) is 0 Å². The van der Waals surface area contributed by atoms with Crippen molar-refractivity contribution in [3.63, 3.8) is 0 Å². The fourth-order valence-electron chi connectivity index (χ4n) is 17.2. The van der Waals surface area contributed by atoms with Crippen LogP contribution in [0.15, 0.2) is 81.5 Å². The molecule has 0 saturated heterocycles. The minimum Gasteiger partial charge on any atom is -0.393 e. The second kappa shape index (κ2) is 38.7. The average molecular weight is 1280 g/mol. The summed E-state index contributed by atoms with van der Waals surface area (Å²) in [5.74, 6) is 4.25. The second-order valence-corrected chi connectivity index (χ2v) is 35.5. The van der Waals surface area contributed by atoms with Gasteiger partial charge in [-0.15, -0.1) is 0 Å². The molecule has 7 nitrogen and oxygen atoms in total. The molecule has 0 radical (unpaired) electrons. The van der Waals surface area contributed by atoms with Crippen molar-refractivity contribution in [1.29, 1.82) is 0 Å². The maximum atomic E-state index is 10.1. The van der Waals surface area contributed by atoms with Crippen molar-refractivity contribution in [2.24, 2.45) is 79.3 Å². The molecule has 7 N–H and O–H groups in total. The molecule has 0 aromatic heterocycles. The van der Waals surface area contributed by atoms with Crippen LogP contribution in [0.4, 0.5) is 0 Å². The molecule has 91 heavy (non-hydrogen) atoms. The molecule has 0 aliphatic heterocycles. The molecule has 7 fully saturated rings. The van der Waals surface area contributed by atoms with E-state index in [0.29, 0.717) is 35.5 Å². The Hall–Kier alpha value is -2.10. The van der Waals surface area contributed by atoms with Crippen molar-refractivity contribution in [1.82, 2.24) is 0 Å². The van der Waals surface area contributed by atoms with E-state index in [9.17, 15) is 35.7 Å². The van der Waals surface area contributed by atoms with Gasteiger partial charge in [-0.05, 0) is 270 Å². The van der Waals surface area contributed by atoms with E-state index < -0.39 is 0 Å². The van der Waals surface area contributed by atoms with Crippen LogP contribution in [0.2, 0.25) is 0 Å². The summed E-state index contributed by atoms with van der Waals surface area (Å²) in [6.07, 6.45) is 38.2. The first-order valence-corrected chi connectivity index (χ1v) is 37.0. The van der Waals surface area contributed by atoms with Crippen LogP contribution in [-0.2, 0) is 0 Å². The predicted molar refractivity (Wildman–Crippen MR) is 396 cm³/mol. The van der Waals surface area contributed by atoms with Gasteiger partial charge in [0.25, 0.3) is 0 Å². The lowest BCUT2D eigenvalue weighted by atomic mass is 9.66. The molecule has 0 aromatic carbocycles. The quantitative estimate of drug-likeness (QED) is 0.126. The minimum atomic E-state index is -0.156. The van der Waals surface area contributed by atoms with E-state index in [1.807, 2.05) is 0 Å². The van der Waals surface area contributed by atoms with E-state index in [2.05, 4.69) is 236 Å². The van der Waals surface area contributed by atoms with Crippen LogP contribution in [-0.4, -0.2) is 78.5 Å². The molecule has 0 spiro atoms. The van der Waals surface area contributed by atoms with E-state index in [0.717, 1.165) is 95.8 Å². The molecule has 7 aliphatic rings. The molecule has 0 aromatic rings. The van der Waals surface area contributed by atoms with Gasteiger partial charge in [0.15, 0.2) is 0 Å². The van der Waals surface area contributed by atoms with Gasteiger partial charge in [-0.2, -0.15) is 0 Å². The van der Waals surface area contributed by atoms with Gasteiger partial charge in [-0.1, -0.05) is 198 Å². The second-order valence-electron chi connectivity index (χ2n) is 35.5. The Labute approximate surface area is 565 Å². The number of rotatable bonds is 7. The van der Waals surface area contributed by atoms with Crippen molar-refractivity contribution < 1.29 is 35.7 Å². The van der Waals surface area contributed by atoms with Gasteiger partial charge in [0, 0.05) is 21.7 Å². The smallest absolute Gasteiger partial charge is 0.0653 e. The topological polar surface area (TPSA) is 142 Å². The fourth-order valence-corrected chi connectivity index (χ4v) is 17.2. The molecule has 7 saturated carbocycles. The lowest BCUT2D eigenvalue weighted by Crippen LogP contribution is -2.40. The lowest BCUT2D eigenvalue weighted by Gasteiger charge is -2.42. The summed E-state index contributed by atoms with van der Waals surface area (Å²) < 4.78 is 0. The Morgan fingerprint density at radius 2 is 0.813 bits per heavy atom. The average Bonchev–Trinajstić information content (AvgIpc) is 1.36. The van der Waals surface area contributed by atoms with Crippen LogP contribution in [0, 0.1) is 79.3 Å². The minimum absolute atomic E-state index is 0.0110. The highest BCUT2D eigenvalue weighted by Gasteiger charge is 2.42. The maximum absolute atomic E-state index is 10.1. The summed E-state index contributed by atoms with van der Waals surface area (Å²) in [5.41, 5.74) is 10.2. The van der Waals surface area contributed by atoms with Crippen molar-refractivity contribution in [2.75, 3.05) is 0 Å². The third-order valence-corrected chi connectivity index (χ3v) is 22.9. The summed E-state index contributed by atoms with van der Waals surface area (Å²) in [7, 11) is 0. The Morgan fingerprint density at radius 3 is 1.32 bits per heavy atom. The first kappa shape index (κ1) is 86.9. The molecule has 20 atom stereocenters. The highest BCUT2D eigenvalue weighted by molar-refractivity contribution is 5.14. The maximum Gasteiger partial charge on any atom is 0.0653 e. The Bertz CT molecular complexity index is 2180. The number of hydrogen-bond donors (Lipinski definition) is 7. The zero-order chi connectivity index (χ0) is 70.4. The van der Waals surface area contributed by atoms with E-state index in [-0.39, 0.29) is 80.6 Å². The number of allylic oxidation sites excluding steroid dienone is 10. The van der Waals surface area contributed by atoms with Crippen molar-refractivity contribution in [2.45, 2.75) is 371 Å². The molecule has 532 valence electrons. The Kier molecular flexibility index (Phi) is 37.0. The molecule has 0 heterocycles. The third kappa shape index (κ3) is 29.7. The van der Waals surface area contributed by atoms with E-state index in [1.165, 1.54) is 84.0 Å². The number of aliphatic hydroxyl groups is 7. The first-order chi connectivity index (χ1) is 41.6. The van der Waals surface area contributed by atoms with Gasteiger partial charge in [0.1, 0.15) is 0 Å². The van der Waals surface area contributed by atoms with Crippen LogP contribution in [0.1, 0.15) is 329 Å². The largest absolute Gasteiger partial charge is 0.393 e. The van der Waals surface area contributed by atoms with Crippen LogP contribution >= 0.6 is 0 Å². The van der Waals surface area contributed by atoms with Gasteiger partial charge in [-0.3, -0.25) is 0 Å². The van der Waals surface area contributed by atoms with Gasteiger partial charge < -0.3 is 35.7 Å². The highest BCUT2D eigenvalue weighted by Crippen LogP contribution is 2.47. The summed E-state index contributed by atoms with van der Waals surface area (Å²) >= 11 is 0. The number of aliphatic hydroxyl groups excluding tert-OH is 7. The van der Waals surface area contributed by atoms with E-state index >= 15 is 0 Å². The summed E-state index contributed by atoms with van der Waals surface area (Å²) in [4.78, 5) is 0. The van der Waals surface area contributed by atoms with Crippen LogP contribution in [0.25, 0.3) is 0 Å². The third-order valence-electron chi connectivity index (χ3n) is 22.9. The molecule has 0 bridgehead atoms.